The van der Waals surface area contributed by atoms with Gasteiger partial charge in [-0.1, -0.05) is 12.1 Å². The van der Waals surface area contributed by atoms with E-state index in [1.807, 2.05) is 12.1 Å². The third kappa shape index (κ3) is 4.20. The standard InChI is InChI=1S/C18H21N3O6/c1-26-17(24)14-9-21(6-7-22)16(23)15(14)19-12-4-2-11(3-5-12)8-13-10-27-18(25)20-13/h2-5,13,19,22H,6-10H2,1H3,(H,20,25). The average molecular weight is 375 g/mol. The topological polar surface area (TPSA) is 117 Å². The van der Waals surface area contributed by atoms with Gasteiger partial charge < -0.3 is 30.1 Å². The average Bonchev–Trinajstić information content (AvgIpc) is 3.21. The van der Waals surface area contributed by atoms with Crippen LogP contribution in [0.25, 0.3) is 0 Å². The Hall–Kier alpha value is -3.07. The zero-order valence-corrected chi connectivity index (χ0v) is 14.9. The molecule has 0 bridgehead atoms. The first kappa shape index (κ1) is 18.7. The number of β-amino-alcohol motifs (C(OH)–C–C–N with tert-alkyl or cyclic N) is 1. The fourth-order valence-electron chi connectivity index (χ4n) is 3.04. The maximum Gasteiger partial charge on any atom is 0.407 e. The van der Waals surface area contributed by atoms with Gasteiger partial charge in [0.05, 0.1) is 31.9 Å². The van der Waals surface area contributed by atoms with Crippen molar-refractivity contribution in [3.05, 3.63) is 41.1 Å². The van der Waals surface area contributed by atoms with Crippen molar-refractivity contribution in [2.45, 2.75) is 12.5 Å². The lowest BCUT2D eigenvalue weighted by Crippen LogP contribution is -2.31. The summed E-state index contributed by atoms with van der Waals surface area (Å²) in [5, 5.41) is 14.8. The lowest BCUT2D eigenvalue weighted by molar-refractivity contribution is -0.136. The van der Waals surface area contributed by atoms with Gasteiger partial charge in [0.1, 0.15) is 12.3 Å². The number of ether oxygens (including phenoxy) is 2. The smallest absolute Gasteiger partial charge is 0.407 e. The Bertz CT molecular complexity index is 774. The molecule has 27 heavy (non-hydrogen) atoms. The van der Waals surface area contributed by atoms with Crippen molar-refractivity contribution in [1.82, 2.24) is 10.2 Å². The fraction of sp³-hybridized carbons (Fsp3) is 0.389. The summed E-state index contributed by atoms with van der Waals surface area (Å²) in [6, 6.07) is 7.26. The lowest BCUT2D eigenvalue weighted by Gasteiger charge is -2.15. The Kier molecular flexibility index (Phi) is 5.60. The molecule has 1 saturated heterocycles. The Morgan fingerprint density at radius 2 is 2.11 bits per heavy atom. The van der Waals surface area contributed by atoms with Crippen LogP contribution in [0.3, 0.4) is 0 Å². The molecule has 2 amide bonds. The number of cyclic esters (lactones) is 1. The molecule has 1 unspecified atom stereocenters. The number of hydrogen-bond acceptors (Lipinski definition) is 7. The quantitative estimate of drug-likeness (QED) is 0.575. The van der Waals surface area contributed by atoms with Crippen molar-refractivity contribution in [1.29, 1.82) is 0 Å². The van der Waals surface area contributed by atoms with Crippen LogP contribution in [0.4, 0.5) is 10.5 Å². The number of aliphatic hydroxyl groups is 1. The molecule has 0 spiro atoms. The summed E-state index contributed by atoms with van der Waals surface area (Å²) in [5.41, 5.74) is 2.02. The molecule has 0 radical (unpaired) electrons. The molecular formula is C18H21N3O6. The number of carbonyl (C=O) groups is 3. The molecule has 9 heteroatoms. The first-order valence-electron chi connectivity index (χ1n) is 8.52. The first-order valence-corrected chi connectivity index (χ1v) is 8.52. The fourth-order valence-corrected chi connectivity index (χ4v) is 3.04. The van der Waals surface area contributed by atoms with Crippen LogP contribution in [0.2, 0.25) is 0 Å². The number of alkyl carbamates (subject to hydrolysis) is 1. The van der Waals surface area contributed by atoms with Crippen LogP contribution < -0.4 is 10.6 Å². The number of rotatable bonds is 7. The highest BCUT2D eigenvalue weighted by Crippen LogP contribution is 2.23. The molecule has 9 nitrogen and oxygen atoms in total. The molecule has 0 aromatic heterocycles. The molecule has 0 saturated carbocycles. The highest BCUT2D eigenvalue weighted by molar-refractivity contribution is 6.08. The number of amides is 2. The molecule has 1 fully saturated rings. The van der Waals surface area contributed by atoms with Gasteiger partial charge in [0.25, 0.3) is 5.91 Å². The number of nitrogens with one attached hydrogen (secondary N) is 2. The highest BCUT2D eigenvalue weighted by atomic mass is 16.6. The molecular weight excluding hydrogens is 354 g/mol. The monoisotopic (exact) mass is 375 g/mol. The summed E-state index contributed by atoms with van der Waals surface area (Å²) in [5.74, 6) is -0.945. The SMILES string of the molecule is COC(=O)C1=C(Nc2ccc(CC3COC(=O)N3)cc2)C(=O)N(CCO)C1. The molecule has 3 rings (SSSR count). The number of hydrogen-bond donors (Lipinski definition) is 3. The van der Waals surface area contributed by atoms with Crippen molar-refractivity contribution in [2.75, 3.05) is 38.7 Å². The van der Waals surface area contributed by atoms with Gasteiger partial charge in [-0.2, -0.15) is 0 Å². The number of anilines is 1. The zero-order chi connectivity index (χ0) is 19.4. The summed E-state index contributed by atoms with van der Waals surface area (Å²) >= 11 is 0. The van der Waals surface area contributed by atoms with Crippen molar-refractivity contribution in [3.8, 4) is 0 Å². The lowest BCUT2D eigenvalue weighted by atomic mass is 10.1. The molecule has 2 aliphatic rings. The van der Waals surface area contributed by atoms with Crippen LogP contribution in [0, 0.1) is 0 Å². The van der Waals surface area contributed by atoms with Crippen molar-refractivity contribution >= 4 is 23.7 Å². The van der Waals surface area contributed by atoms with Crippen LogP contribution in [-0.4, -0.2) is 67.4 Å². The predicted molar refractivity (Wildman–Crippen MR) is 94.7 cm³/mol. The van der Waals surface area contributed by atoms with Crippen LogP contribution >= 0.6 is 0 Å². The molecule has 2 heterocycles. The van der Waals surface area contributed by atoms with Crippen molar-refractivity contribution < 1.29 is 29.0 Å². The molecule has 1 aromatic carbocycles. The van der Waals surface area contributed by atoms with Gasteiger partial charge in [0, 0.05) is 12.2 Å². The Morgan fingerprint density at radius 1 is 1.37 bits per heavy atom. The van der Waals surface area contributed by atoms with E-state index in [0.717, 1.165) is 5.56 Å². The Balaban J connectivity index is 1.71. The second kappa shape index (κ2) is 8.09. The summed E-state index contributed by atoms with van der Waals surface area (Å²) in [4.78, 5) is 36.9. The molecule has 3 N–H and O–H groups in total. The molecule has 0 aliphatic carbocycles. The van der Waals surface area contributed by atoms with Gasteiger partial charge >= 0.3 is 12.1 Å². The van der Waals surface area contributed by atoms with Gasteiger partial charge in [-0.3, -0.25) is 4.79 Å². The van der Waals surface area contributed by atoms with Crippen LogP contribution in [0.1, 0.15) is 5.56 Å². The number of benzene rings is 1. The van der Waals surface area contributed by atoms with Crippen LogP contribution in [0.5, 0.6) is 0 Å². The van der Waals surface area contributed by atoms with E-state index < -0.39 is 12.1 Å². The largest absolute Gasteiger partial charge is 0.466 e. The zero-order valence-electron chi connectivity index (χ0n) is 14.9. The molecule has 1 atom stereocenters. The van der Waals surface area contributed by atoms with Gasteiger partial charge in [-0.25, -0.2) is 9.59 Å². The van der Waals surface area contributed by atoms with Gasteiger partial charge in [0.2, 0.25) is 0 Å². The van der Waals surface area contributed by atoms with Crippen LogP contribution in [0.15, 0.2) is 35.5 Å². The highest BCUT2D eigenvalue weighted by Gasteiger charge is 2.34. The minimum Gasteiger partial charge on any atom is -0.466 e. The van der Waals surface area contributed by atoms with Gasteiger partial charge in [0.15, 0.2) is 0 Å². The van der Waals surface area contributed by atoms with E-state index in [9.17, 15) is 14.4 Å². The predicted octanol–water partition coefficient (Wildman–Crippen LogP) is 0.0110. The van der Waals surface area contributed by atoms with E-state index in [4.69, 9.17) is 14.6 Å². The van der Waals surface area contributed by atoms with Crippen molar-refractivity contribution in [2.24, 2.45) is 0 Å². The normalized spacial score (nSPS) is 19.2. The summed E-state index contributed by atoms with van der Waals surface area (Å²) in [6.45, 7) is 0.374. The van der Waals surface area contributed by atoms with E-state index in [2.05, 4.69) is 10.6 Å². The van der Waals surface area contributed by atoms with Gasteiger partial charge in [-0.05, 0) is 24.1 Å². The molecule has 1 aromatic rings. The van der Waals surface area contributed by atoms with Crippen LogP contribution in [-0.2, 0) is 25.5 Å². The van der Waals surface area contributed by atoms with E-state index in [0.29, 0.717) is 18.7 Å². The number of methoxy groups -OCH3 is 1. The number of nitrogens with zero attached hydrogens (tertiary/aromatic N) is 1. The maximum absolute atomic E-state index is 12.5. The minimum absolute atomic E-state index is 0.0617. The summed E-state index contributed by atoms with van der Waals surface area (Å²) in [7, 11) is 1.26. The minimum atomic E-state index is -0.583. The molecule has 144 valence electrons. The van der Waals surface area contributed by atoms with Crippen molar-refractivity contribution in [3.63, 3.8) is 0 Å². The Morgan fingerprint density at radius 3 is 2.70 bits per heavy atom. The number of aliphatic hydroxyl groups excluding tert-OH is 1. The van der Waals surface area contributed by atoms with Gasteiger partial charge in [-0.15, -0.1) is 0 Å². The maximum atomic E-state index is 12.5. The van der Waals surface area contributed by atoms with E-state index in [-0.39, 0.29) is 42.9 Å². The third-order valence-corrected chi connectivity index (χ3v) is 4.40. The number of esters is 1. The first-order chi connectivity index (χ1) is 13.0. The second-order valence-electron chi connectivity index (χ2n) is 6.26. The Labute approximate surface area is 155 Å². The third-order valence-electron chi connectivity index (χ3n) is 4.40. The number of carbonyl (C=O) groups excluding carboxylic acids is 3. The van der Waals surface area contributed by atoms with E-state index in [1.54, 1.807) is 12.1 Å². The van der Waals surface area contributed by atoms with E-state index in [1.165, 1.54) is 12.0 Å². The molecule has 2 aliphatic heterocycles. The summed E-state index contributed by atoms with van der Waals surface area (Å²) in [6.07, 6.45) is 0.221. The van der Waals surface area contributed by atoms with E-state index >= 15 is 0 Å². The second-order valence-corrected chi connectivity index (χ2v) is 6.26. The summed E-state index contributed by atoms with van der Waals surface area (Å²) < 4.78 is 9.62.